The number of fused-ring (bicyclic) bond motifs is 1. The van der Waals surface area contributed by atoms with Crippen LogP contribution in [-0.2, 0) is 0 Å². The standard InChI is InChI=1S/C16H15FN2S/c1-10(2)11-4-3-5-13(8-11)18-16-19-14-7-6-12(17)9-15(14)20-16/h3-10H,1-2H3,(H,18,19). The molecule has 4 heteroatoms. The largest absolute Gasteiger partial charge is 0.332 e. The van der Waals surface area contributed by atoms with Gasteiger partial charge in [-0.05, 0) is 41.8 Å². The maximum Gasteiger partial charge on any atom is 0.188 e. The zero-order valence-electron chi connectivity index (χ0n) is 11.4. The molecule has 1 N–H and O–H groups in total. The number of rotatable bonds is 3. The molecule has 1 aromatic heterocycles. The van der Waals surface area contributed by atoms with E-state index in [0.29, 0.717) is 5.92 Å². The number of aromatic nitrogens is 1. The Balaban J connectivity index is 1.90. The normalized spacial score (nSPS) is 11.2. The first-order valence-corrected chi connectivity index (χ1v) is 7.36. The second-order valence-corrected chi connectivity index (χ2v) is 6.07. The number of hydrogen-bond acceptors (Lipinski definition) is 3. The molecule has 0 bridgehead atoms. The predicted octanol–water partition coefficient (Wildman–Crippen LogP) is 5.30. The molecule has 0 atom stereocenters. The van der Waals surface area contributed by atoms with Crippen molar-refractivity contribution in [2.75, 3.05) is 5.32 Å². The second-order valence-electron chi connectivity index (χ2n) is 5.04. The van der Waals surface area contributed by atoms with Crippen molar-refractivity contribution in [2.24, 2.45) is 0 Å². The Morgan fingerprint density at radius 2 is 2.00 bits per heavy atom. The van der Waals surface area contributed by atoms with Gasteiger partial charge in [0.1, 0.15) is 5.82 Å². The third-order valence-corrected chi connectivity index (χ3v) is 4.09. The Hall–Kier alpha value is -1.94. The molecule has 0 saturated heterocycles. The van der Waals surface area contributed by atoms with Gasteiger partial charge in [-0.2, -0.15) is 0 Å². The van der Waals surface area contributed by atoms with E-state index in [4.69, 9.17) is 0 Å². The third kappa shape index (κ3) is 2.65. The number of thiazole rings is 1. The minimum Gasteiger partial charge on any atom is -0.332 e. The second kappa shape index (κ2) is 5.21. The van der Waals surface area contributed by atoms with Crippen LogP contribution in [0, 0.1) is 5.82 Å². The van der Waals surface area contributed by atoms with E-state index < -0.39 is 0 Å². The average Bonchev–Trinajstić information content (AvgIpc) is 2.80. The molecule has 1 heterocycles. The van der Waals surface area contributed by atoms with Gasteiger partial charge in [-0.1, -0.05) is 37.3 Å². The van der Waals surface area contributed by atoms with Crippen LogP contribution >= 0.6 is 11.3 Å². The van der Waals surface area contributed by atoms with Gasteiger partial charge >= 0.3 is 0 Å². The highest BCUT2D eigenvalue weighted by molar-refractivity contribution is 7.22. The summed E-state index contributed by atoms with van der Waals surface area (Å²) in [6, 6.07) is 12.9. The first-order chi connectivity index (χ1) is 9.61. The van der Waals surface area contributed by atoms with E-state index in [0.717, 1.165) is 21.0 Å². The van der Waals surface area contributed by atoms with E-state index in [1.807, 2.05) is 12.1 Å². The van der Waals surface area contributed by atoms with Crippen molar-refractivity contribution in [2.45, 2.75) is 19.8 Å². The van der Waals surface area contributed by atoms with Gasteiger partial charge in [0.25, 0.3) is 0 Å². The summed E-state index contributed by atoms with van der Waals surface area (Å²) in [5.74, 6) is 0.260. The lowest BCUT2D eigenvalue weighted by molar-refractivity contribution is 0.630. The van der Waals surface area contributed by atoms with Crippen molar-refractivity contribution in [1.82, 2.24) is 4.98 Å². The quantitative estimate of drug-likeness (QED) is 0.706. The van der Waals surface area contributed by atoms with Gasteiger partial charge in [0.15, 0.2) is 5.13 Å². The summed E-state index contributed by atoms with van der Waals surface area (Å²) in [4.78, 5) is 4.46. The minimum absolute atomic E-state index is 0.227. The summed E-state index contributed by atoms with van der Waals surface area (Å²) >= 11 is 1.46. The van der Waals surface area contributed by atoms with Crippen molar-refractivity contribution >= 4 is 32.4 Å². The molecule has 0 aliphatic heterocycles. The molecule has 3 rings (SSSR count). The lowest BCUT2D eigenvalue weighted by atomic mass is 10.0. The highest BCUT2D eigenvalue weighted by atomic mass is 32.1. The molecule has 3 aromatic rings. The average molecular weight is 286 g/mol. The highest BCUT2D eigenvalue weighted by Gasteiger charge is 2.06. The summed E-state index contributed by atoms with van der Waals surface area (Å²) < 4.78 is 14.0. The number of nitrogens with one attached hydrogen (secondary N) is 1. The van der Waals surface area contributed by atoms with Crippen LogP contribution in [0.2, 0.25) is 0 Å². The fourth-order valence-electron chi connectivity index (χ4n) is 2.05. The highest BCUT2D eigenvalue weighted by Crippen LogP contribution is 2.29. The molecule has 0 aliphatic rings. The Kier molecular flexibility index (Phi) is 3.40. The molecule has 0 spiro atoms. The van der Waals surface area contributed by atoms with Crippen LogP contribution in [0.3, 0.4) is 0 Å². The van der Waals surface area contributed by atoms with Crippen molar-refractivity contribution in [1.29, 1.82) is 0 Å². The van der Waals surface area contributed by atoms with Gasteiger partial charge in [0.2, 0.25) is 0 Å². The van der Waals surface area contributed by atoms with Crippen LogP contribution in [0.4, 0.5) is 15.2 Å². The van der Waals surface area contributed by atoms with Crippen LogP contribution in [-0.4, -0.2) is 4.98 Å². The van der Waals surface area contributed by atoms with E-state index in [2.05, 4.69) is 36.3 Å². The molecule has 0 aliphatic carbocycles. The number of hydrogen-bond donors (Lipinski definition) is 1. The summed E-state index contributed by atoms with van der Waals surface area (Å²) in [5, 5.41) is 4.08. The molecule has 2 aromatic carbocycles. The lowest BCUT2D eigenvalue weighted by Crippen LogP contribution is -1.92. The molecule has 2 nitrogen and oxygen atoms in total. The molecular formula is C16H15FN2S. The van der Waals surface area contributed by atoms with Crippen LogP contribution < -0.4 is 5.32 Å². The van der Waals surface area contributed by atoms with E-state index in [9.17, 15) is 4.39 Å². The molecule has 0 radical (unpaired) electrons. The van der Waals surface area contributed by atoms with Crippen molar-refractivity contribution in [3.8, 4) is 0 Å². The molecule has 0 amide bonds. The monoisotopic (exact) mass is 286 g/mol. The topological polar surface area (TPSA) is 24.9 Å². The SMILES string of the molecule is CC(C)c1cccc(Nc2nc3ccc(F)cc3s2)c1. The maximum atomic E-state index is 13.2. The molecular weight excluding hydrogens is 271 g/mol. The minimum atomic E-state index is -0.227. The summed E-state index contributed by atoms with van der Waals surface area (Å²) in [5.41, 5.74) is 3.11. The van der Waals surface area contributed by atoms with Gasteiger partial charge < -0.3 is 5.32 Å². The van der Waals surface area contributed by atoms with E-state index >= 15 is 0 Å². The maximum absolute atomic E-state index is 13.2. The first kappa shape index (κ1) is 13.1. The number of anilines is 2. The van der Waals surface area contributed by atoms with Crippen LogP contribution in [0.25, 0.3) is 10.2 Å². The number of nitrogens with zero attached hydrogens (tertiary/aromatic N) is 1. The van der Waals surface area contributed by atoms with Crippen molar-refractivity contribution in [3.05, 3.63) is 53.8 Å². The smallest absolute Gasteiger partial charge is 0.188 e. The van der Waals surface area contributed by atoms with Gasteiger partial charge in [-0.25, -0.2) is 9.37 Å². The van der Waals surface area contributed by atoms with Crippen LogP contribution in [0.5, 0.6) is 0 Å². The van der Waals surface area contributed by atoms with E-state index in [-0.39, 0.29) is 5.82 Å². The lowest BCUT2D eigenvalue weighted by Gasteiger charge is -2.08. The Bertz CT molecular complexity index is 749. The number of halogens is 1. The third-order valence-electron chi connectivity index (χ3n) is 3.16. The van der Waals surface area contributed by atoms with Gasteiger partial charge in [-0.15, -0.1) is 0 Å². The molecule has 0 saturated carbocycles. The van der Waals surface area contributed by atoms with Crippen molar-refractivity contribution in [3.63, 3.8) is 0 Å². The van der Waals surface area contributed by atoms with Gasteiger partial charge in [0, 0.05) is 5.69 Å². The molecule has 0 fully saturated rings. The number of benzene rings is 2. The fraction of sp³-hybridized carbons (Fsp3) is 0.188. The fourth-order valence-corrected chi connectivity index (χ4v) is 2.96. The zero-order chi connectivity index (χ0) is 14.1. The summed E-state index contributed by atoms with van der Waals surface area (Å²) in [6.07, 6.45) is 0. The van der Waals surface area contributed by atoms with Gasteiger partial charge in [-0.3, -0.25) is 0 Å². The van der Waals surface area contributed by atoms with Crippen LogP contribution in [0.1, 0.15) is 25.3 Å². The Morgan fingerprint density at radius 1 is 1.15 bits per heavy atom. The van der Waals surface area contributed by atoms with Gasteiger partial charge in [0.05, 0.1) is 10.2 Å². The zero-order valence-corrected chi connectivity index (χ0v) is 12.2. The first-order valence-electron chi connectivity index (χ1n) is 6.55. The Labute approximate surface area is 121 Å². The predicted molar refractivity (Wildman–Crippen MR) is 83.4 cm³/mol. The molecule has 0 unspecified atom stereocenters. The van der Waals surface area contributed by atoms with Crippen molar-refractivity contribution < 1.29 is 4.39 Å². The van der Waals surface area contributed by atoms with Crippen LogP contribution in [0.15, 0.2) is 42.5 Å². The summed E-state index contributed by atoms with van der Waals surface area (Å²) in [7, 11) is 0. The molecule has 20 heavy (non-hydrogen) atoms. The summed E-state index contributed by atoms with van der Waals surface area (Å²) in [6.45, 7) is 4.33. The Morgan fingerprint density at radius 3 is 2.80 bits per heavy atom. The van der Waals surface area contributed by atoms with E-state index in [1.165, 1.54) is 29.0 Å². The molecule has 102 valence electrons. The van der Waals surface area contributed by atoms with E-state index in [1.54, 1.807) is 6.07 Å².